The Balaban J connectivity index is 2.00. The number of fused-ring (bicyclic) bond motifs is 1. The first-order valence-corrected chi connectivity index (χ1v) is 6.76. The number of hydrogen-bond donors (Lipinski definition) is 1. The first kappa shape index (κ1) is 12.2. The molecule has 0 heterocycles. The number of carbonyl (C=O) groups excluding carboxylic acids is 1. The van der Waals surface area contributed by atoms with Crippen molar-refractivity contribution in [2.24, 2.45) is 0 Å². The molecule has 3 heteroatoms. The van der Waals surface area contributed by atoms with E-state index in [0.29, 0.717) is 12.0 Å². The Kier molecular flexibility index (Phi) is 2.99. The van der Waals surface area contributed by atoms with Crippen LogP contribution in [0.4, 0.5) is 0 Å². The summed E-state index contributed by atoms with van der Waals surface area (Å²) in [6, 6.07) is 13.0. The maximum absolute atomic E-state index is 12.3. The Bertz CT molecular complexity index is 684. The number of phenolic OH excluding ortho intramolecular Hbond substituents is 1. The normalized spacial score (nSPS) is 15.8. The van der Waals surface area contributed by atoms with Crippen LogP contribution in [0.3, 0.4) is 0 Å². The van der Waals surface area contributed by atoms with E-state index in [0.717, 1.165) is 21.2 Å². The minimum atomic E-state index is -0.0731. The SMILES string of the molecule is O=C1/C(=C/c2ccc(Br)cc2)Cc2cccc(O)c21. The Labute approximate surface area is 119 Å². The smallest absolute Gasteiger partial charge is 0.193 e. The maximum Gasteiger partial charge on any atom is 0.193 e. The van der Waals surface area contributed by atoms with Crippen LogP contribution in [0.25, 0.3) is 6.08 Å². The van der Waals surface area contributed by atoms with E-state index in [-0.39, 0.29) is 11.5 Å². The van der Waals surface area contributed by atoms with E-state index in [4.69, 9.17) is 0 Å². The highest BCUT2D eigenvalue weighted by Crippen LogP contribution is 2.33. The van der Waals surface area contributed by atoms with Gasteiger partial charge in [-0.1, -0.05) is 40.2 Å². The fourth-order valence-electron chi connectivity index (χ4n) is 2.32. The summed E-state index contributed by atoms with van der Waals surface area (Å²) in [6.45, 7) is 0. The molecule has 1 aliphatic carbocycles. The Hall–Kier alpha value is -1.87. The van der Waals surface area contributed by atoms with E-state index in [2.05, 4.69) is 15.9 Å². The molecule has 0 aromatic heterocycles. The van der Waals surface area contributed by atoms with E-state index in [9.17, 15) is 9.90 Å². The van der Waals surface area contributed by atoms with Gasteiger partial charge in [0.2, 0.25) is 0 Å². The predicted octanol–water partition coefficient (Wildman–Crippen LogP) is 3.98. The second-order valence-electron chi connectivity index (χ2n) is 4.54. The van der Waals surface area contributed by atoms with Crippen LogP contribution >= 0.6 is 15.9 Å². The first-order chi connectivity index (χ1) is 9.15. The van der Waals surface area contributed by atoms with E-state index < -0.39 is 0 Å². The molecule has 0 amide bonds. The quantitative estimate of drug-likeness (QED) is 0.808. The zero-order chi connectivity index (χ0) is 13.4. The van der Waals surface area contributed by atoms with Gasteiger partial charge < -0.3 is 5.11 Å². The van der Waals surface area contributed by atoms with Gasteiger partial charge in [0.05, 0.1) is 5.56 Å². The molecule has 0 bridgehead atoms. The van der Waals surface area contributed by atoms with Crippen LogP contribution < -0.4 is 0 Å². The summed E-state index contributed by atoms with van der Waals surface area (Å²) in [5.74, 6) is -0.00211. The number of phenols is 1. The van der Waals surface area contributed by atoms with Gasteiger partial charge in [-0.15, -0.1) is 0 Å². The van der Waals surface area contributed by atoms with E-state index in [1.807, 2.05) is 36.4 Å². The summed E-state index contributed by atoms with van der Waals surface area (Å²) in [6.07, 6.45) is 2.47. The minimum absolute atomic E-state index is 0.0710. The van der Waals surface area contributed by atoms with Crippen molar-refractivity contribution in [1.82, 2.24) is 0 Å². The topological polar surface area (TPSA) is 37.3 Å². The Morgan fingerprint density at radius 3 is 2.53 bits per heavy atom. The van der Waals surface area contributed by atoms with Crippen molar-refractivity contribution >= 4 is 27.8 Å². The summed E-state index contributed by atoms with van der Waals surface area (Å²) >= 11 is 3.38. The molecule has 2 aromatic rings. The van der Waals surface area contributed by atoms with Crippen molar-refractivity contribution in [2.75, 3.05) is 0 Å². The largest absolute Gasteiger partial charge is 0.507 e. The fraction of sp³-hybridized carbons (Fsp3) is 0.0625. The molecule has 2 nitrogen and oxygen atoms in total. The molecular weight excluding hydrogens is 304 g/mol. The Morgan fingerprint density at radius 1 is 1.11 bits per heavy atom. The number of halogens is 1. The molecular formula is C16H11BrO2. The molecule has 0 saturated carbocycles. The lowest BCUT2D eigenvalue weighted by atomic mass is 10.1. The Morgan fingerprint density at radius 2 is 1.84 bits per heavy atom. The number of ketones is 1. The van der Waals surface area contributed by atoms with Crippen LogP contribution in [0.1, 0.15) is 21.5 Å². The summed E-state index contributed by atoms with van der Waals surface area (Å²) < 4.78 is 1.01. The van der Waals surface area contributed by atoms with Gasteiger partial charge in [0, 0.05) is 16.5 Å². The molecule has 0 saturated heterocycles. The van der Waals surface area contributed by atoms with Crippen LogP contribution in [0, 0.1) is 0 Å². The molecule has 2 aromatic carbocycles. The van der Waals surface area contributed by atoms with Gasteiger partial charge >= 0.3 is 0 Å². The molecule has 0 spiro atoms. The van der Waals surface area contributed by atoms with Crippen molar-refractivity contribution in [2.45, 2.75) is 6.42 Å². The number of Topliss-reactive ketones (excluding diaryl/α,β-unsaturated/α-hetero) is 1. The minimum Gasteiger partial charge on any atom is -0.507 e. The van der Waals surface area contributed by atoms with Crippen LogP contribution in [-0.2, 0) is 6.42 Å². The van der Waals surface area contributed by atoms with E-state index in [1.165, 1.54) is 0 Å². The summed E-state index contributed by atoms with van der Waals surface area (Å²) in [4.78, 5) is 12.3. The van der Waals surface area contributed by atoms with Gasteiger partial charge in [0.15, 0.2) is 5.78 Å². The van der Waals surface area contributed by atoms with Gasteiger partial charge in [-0.05, 0) is 35.4 Å². The third-order valence-electron chi connectivity index (χ3n) is 3.24. The number of allylic oxidation sites excluding steroid dienone is 1. The van der Waals surface area contributed by atoms with Gasteiger partial charge in [-0.2, -0.15) is 0 Å². The average Bonchev–Trinajstić information content (AvgIpc) is 2.71. The van der Waals surface area contributed by atoms with Gasteiger partial charge in [0.1, 0.15) is 5.75 Å². The van der Waals surface area contributed by atoms with Crippen LogP contribution in [0.15, 0.2) is 52.5 Å². The third kappa shape index (κ3) is 2.22. The molecule has 0 aliphatic heterocycles. The van der Waals surface area contributed by atoms with Crippen molar-refractivity contribution in [1.29, 1.82) is 0 Å². The first-order valence-electron chi connectivity index (χ1n) is 5.97. The molecule has 0 atom stereocenters. The lowest BCUT2D eigenvalue weighted by molar-refractivity contribution is 0.103. The maximum atomic E-state index is 12.3. The second kappa shape index (κ2) is 4.67. The standard InChI is InChI=1S/C16H11BrO2/c17-13-6-4-10(5-7-13)8-12-9-11-2-1-3-14(18)15(11)16(12)19/h1-8,18H,9H2/b12-8+. The highest BCUT2D eigenvalue weighted by molar-refractivity contribution is 9.10. The zero-order valence-corrected chi connectivity index (χ0v) is 11.6. The lowest BCUT2D eigenvalue weighted by Crippen LogP contribution is -1.95. The van der Waals surface area contributed by atoms with Crippen LogP contribution in [-0.4, -0.2) is 10.9 Å². The van der Waals surface area contributed by atoms with Crippen molar-refractivity contribution in [3.05, 3.63) is 69.2 Å². The van der Waals surface area contributed by atoms with Gasteiger partial charge in [0.25, 0.3) is 0 Å². The summed E-state index contributed by atoms with van der Waals surface area (Å²) in [7, 11) is 0. The number of rotatable bonds is 1. The predicted molar refractivity (Wildman–Crippen MR) is 78.3 cm³/mol. The zero-order valence-electron chi connectivity index (χ0n) is 10.1. The van der Waals surface area contributed by atoms with Crippen molar-refractivity contribution < 1.29 is 9.90 Å². The van der Waals surface area contributed by atoms with Gasteiger partial charge in [-0.25, -0.2) is 0 Å². The third-order valence-corrected chi connectivity index (χ3v) is 3.77. The summed E-state index contributed by atoms with van der Waals surface area (Å²) in [5.41, 5.74) is 3.05. The van der Waals surface area contributed by atoms with Gasteiger partial charge in [-0.3, -0.25) is 4.79 Å². The van der Waals surface area contributed by atoms with Crippen LogP contribution in [0.5, 0.6) is 5.75 Å². The number of benzene rings is 2. The second-order valence-corrected chi connectivity index (χ2v) is 5.45. The number of aromatic hydroxyl groups is 1. The highest BCUT2D eigenvalue weighted by Gasteiger charge is 2.27. The average molecular weight is 315 g/mol. The molecule has 0 unspecified atom stereocenters. The molecule has 94 valence electrons. The lowest BCUT2D eigenvalue weighted by Gasteiger charge is -1.98. The molecule has 3 rings (SSSR count). The van der Waals surface area contributed by atoms with E-state index >= 15 is 0 Å². The fourth-order valence-corrected chi connectivity index (χ4v) is 2.58. The van der Waals surface area contributed by atoms with Crippen molar-refractivity contribution in [3.8, 4) is 5.75 Å². The monoisotopic (exact) mass is 314 g/mol. The number of carbonyl (C=O) groups is 1. The molecule has 19 heavy (non-hydrogen) atoms. The van der Waals surface area contributed by atoms with Crippen LogP contribution in [0.2, 0.25) is 0 Å². The molecule has 1 N–H and O–H groups in total. The molecule has 0 fully saturated rings. The van der Waals surface area contributed by atoms with E-state index in [1.54, 1.807) is 12.1 Å². The molecule has 0 radical (unpaired) electrons. The molecule has 1 aliphatic rings. The highest BCUT2D eigenvalue weighted by atomic mass is 79.9. The number of hydrogen-bond acceptors (Lipinski definition) is 2. The van der Waals surface area contributed by atoms with Crippen molar-refractivity contribution in [3.63, 3.8) is 0 Å². The summed E-state index contributed by atoms with van der Waals surface area (Å²) in [5, 5.41) is 9.77.